The van der Waals surface area contributed by atoms with E-state index in [1.807, 2.05) is 58.3 Å². The maximum atomic E-state index is 4.17. The van der Waals surface area contributed by atoms with Gasteiger partial charge in [0.05, 0.1) is 0 Å². The molecule has 2 nitrogen and oxygen atoms in total. The topological polar surface area (TPSA) is 25.8 Å². The molecule has 0 aliphatic rings. The van der Waals surface area contributed by atoms with E-state index in [4.69, 9.17) is 0 Å². The normalized spacial score (nSPS) is 9.25. The molecule has 2 rings (SSSR count). The molecule has 2 heterocycles. The zero-order chi connectivity index (χ0) is 12.0. The fraction of sp³-hybridized carbons (Fsp3) is 0.286. The minimum Gasteiger partial charge on any atom is -0.264 e. The van der Waals surface area contributed by atoms with Crippen LogP contribution < -0.4 is 0 Å². The predicted molar refractivity (Wildman–Crippen MR) is 67.4 cm³/mol. The van der Waals surface area contributed by atoms with E-state index < -0.39 is 0 Å². The lowest BCUT2D eigenvalue weighted by Gasteiger charge is -1.90. The van der Waals surface area contributed by atoms with Gasteiger partial charge in [-0.15, -0.1) is 0 Å². The van der Waals surface area contributed by atoms with Crippen molar-refractivity contribution in [3.05, 3.63) is 59.2 Å². The average molecular weight is 214 g/mol. The van der Waals surface area contributed by atoms with E-state index >= 15 is 0 Å². The summed E-state index contributed by atoms with van der Waals surface area (Å²) >= 11 is 0. The molecule has 0 saturated carbocycles. The second-order valence-corrected chi connectivity index (χ2v) is 3.96. The summed E-state index contributed by atoms with van der Waals surface area (Å²) in [4.78, 5) is 8.16. The van der Waals surface area contributed by atoms with Gasteiger partial charge in [-0.25, -0.2) is 0 Å². The Kier molecular flexibility index (Phi) is 4.65. The van der Waals surface area contributed by atoms with Crippen LogP contribution in [0.2, 0.25) is 0 Å². The first-order valence-electron chi connectivity index (χ1n) is 5.36. The van der Waals surface area contributed by atoms with E-state index in [0.717, 1.165) is 11.4 Å². The molecule has 16 heavy (non-hydrogen) atoms. The van der Waals surface area contributed by atoms with Gasteiger partial charge in [0.2, 0.25) is 0 Å². The van der Waals surface area contributed by atoms with Gasteiger partial charge in [0, 0.05) is 23.8 Å². The molecule has 2 aromatic heterocycles. The zero-order valence-electron chi connectivity index (χ0n) is 10.4. The van der Waals surface area contributed by atoms with Crippen molar-refractivity contribution in [1.29, 1.82) is 0 Å². The van der Waals surface area contributed by atoms with Gasteiger partial charge >= 0.3 is 0 Å². The summed E-state index contributed by atoms with van der Waals surface area (Å²) in [5.74, 6) is 0. The highest BCUT2D eigenvalue weighted by atomic mass is 14.7. The van der Waals surface area contributed by atoms with E-state index in [0.29, 0.717) is 0 Å². The van der Waals surface area contributed by atoms with Gasteiger partial charge in [-0.05, 0) is 51.0 Å². The van der Waals surface area contributed by atoms with Crippen molar-refractivity contribution < 1.29 is 0 Å². The largest absolute Gasteiger partial charge is 0.264 e. The number of aryl methyl sites for hydroxylation is 4. The quantitative estimate of drug-likeness (QED) is 0.671. The fourth-order valence-electron chi connectivity index (χ4n) is 1.39. The molecule has 0 aliphatic carbocycles. The maximum absolute atomic E-state index is 4.17. The Balaban J connectivity index is 0.000000160. The standard InChI is InChI=1S/2C7H9N/c1-6-3-7(2)5-8-4-6;1-6-4-3-5-7(2)8-6/h2*3-5H,1-2H3. The molecular formula is C14H18N2. The smallest absolute Gasteiger partial charge is 0.0375 e. The van der Waals surface area contributed by atoms with Crippen molar-refractivity contribution >= 4 is 0 Å². The van der Waals surface area contributed by atoms with Crippen molar-refractivity contribution in [2.45, 2.75) is 27.7 Å². The van der Waals surface area contributed by atoms with Crippen LogP contribution in [-0.2, 0) is 0 Å². The number of aromatic nitrogens is 2. The Morgan fingerprint density at radius 2 is 1.31 bits per heavy atom. The Morgan fingerprint density at radius 3 is 1.56 bits per heavy atom. The second-order valence-electron chi connectivity index (χ2n) is 3.96. The molecule has 2 aromatic rings. The average Bonchev–Trinajstić information content (AvgIpc) is 2.17. The number of nitrogens with zero attached hydrogens (tertiary/aromatic N) is 2. The third-order valence-electron chi connectivity index (χ3n) is 2.04. The van der Waals surface area contributed by atoms with Crippen LogP contribution in [0.3, 0.4) is 0 Å². The van der Waals surface area contributed by atoms with Gasteiger partial charge in [-0.2, -0.15) is 0 Å². The van der Waals surface area contributed by atoms with Crippen LogP contribution in [0.5, 0.6) is 0 Å². The molecule has 0 atom stereocenters. The highest BCUT2D eigenvalue weighted by molar-refractivity contribution is 5.14. The summed E-state index contributed by atoms with van der Waals surface area (Å²) in [6.45, 7) is 8.07. The summed E-state index contributed by atoms with van der Waals surface area (Å²) in [5, 5.41) is 0. The van der Waals surface area contributed by atoms with Crippen LogP contribution >= 0.6 is 0 Å². The third-order valence-corrected chi connectivity index (χ3v) is 2.04. The van der Waals surface area contributed by atoms with Crippen molar-refractivity contribution in [2.24, 2.45) is 0 Å². The van der Waals surface area contributed by atoms with E-state index in [1.165, 1.54) is 11.1 Å². The van der Waals surface area contributed by atoms with Gasteiger partial charge < -0.3 is 0 Å². The molecule has 0 bridgehead atoms. The molecule has 0 aliphatic heterocycles. The molecule has 0 aromatic carbocycles. The minimum atomic E-state index is 1.09. The Bertz CT molecular complexity index is 372. The van der Waals surface area contributed by atoms with Gasteiger partial charge in [-0.3, -0.25) is 9.97 Å². The molecule has 0 N–H and O–H groups in total. The molecule has 0 fully saturated rings. The van der Waals surface area contributed by atoms with Gasteiger partial charge in [0.25, 0.3) is 0 Å². The number of rotatable bonds is 0. The first kappa shape index (κ1) is 12.4. The zero-order valence-corrected chi connectivity index (χ0v) is 10.4. The summed E-state index contributed by atoms with van der Waals surface area (Å²) < 4.78 is 0. The number of hydrogen-bond donors (Lipinski definition) is 0. The molecule has 0 amide bonds. The lowest BCUT2D eigenvalue weighted by atomic mass is 10.2. The van der Waals surface area contributed by atoms with Crippen LogP contribution in [0.1, 0.15) is 22.5 Å². The molecule has 0 saturated heterocycles. The van der Waals surface area contributed by atoms with E-state index in [2.05, 4.69) is 16.0 Å². The Hall–Kier alpha value is -1.70. The summed E-state index contributed by atoms with van der Waals surface area (Å²) in [7, 11) is 0. The van der Waals surface area contributed by atoms with Crippen LogP contribution in [0.25, 0.3) is 0 Å². The number of pyridine rings is 2. The highest BCUT2D eigenvalue weighted by Gasteiger charge is 1.82. The monoisotopic (exact) mass is 214 g/mol. The SMILES string of the molecule is Cc1cccc(C)n1.Cc1cncc(C)c1. The molecule has 0 spiro atoms. The lowest BCUT2D eigenvalue weighted by molar-refractivity contribution is 1.12. The number of hydrogen-bond acceptors (Lipinski definition) is 2. The van der Waals surface area contributed by atoms with Crippen LogP contribution in [-0.4, -0.2) is 9.97 Å². The fourth-order valence-corrected chi connectivity index (χ4v) is 1.39. The van der Waals surface area contributed by atoms with Crippen molar-refractivity contribution in [2.75, 3.05) is 0 Å². The van der Waals surface area contributed by atoms with Crippen LogP contribution in [0.4, 0.5) is 0 Å². The summed E-state index contributed by atoms with van der Waals surface area (Å²) in [6.07, 6.45) is 3.71. The van der Waals surface area contributed by atoms with Crippen molar-refractivity contribution in [3.8, 4) is 0 Å². The van der Waals surface area contributed by atoms with Gasteiger partial charge in [0.1, 0.15) is 0 Å². The Morgan fingerprint density at radius 1 is 0.812 bits per heavy atom. The van der Waals surface area contributed by atoms with Crippen LogP contribution in [0.15, 0.2) is 36.7 Å². The summed E-state index contributed by atoms with van der Waals surface area (Å²) in [5.41, 5.74) is 4.63. The van der Waals surface area contributed by atoms with Crippen molar-refractivity contribution in [3.63, 3.8) is 0 Å². The Labute approximate surface area is 97.4 Å². The molecular weight excluding hydrogens is 196 g/mol. The first-order valence-corrected chi connectivity index (χ1v) is 5.36. The molecule has 84 valence electrons. The third kappa shape index (κ3) is 4.69. The van der Waals surface area contributed by atoms with Gasteiger partial charge in [-0.1, -0.05) is 12.1 Å². The minimum absolute atomic E-state index is 1.09. The lowest BCUT2D eigenvalue weighted by Crippen LogP contribution is -1.81. The summed E-state index contributed by atoms with van der Waals surface area (Å²) in [6, 6.07) is 8.10. The predicted octanol–water partition coefficient (Wildman–Crippen LogP) is 3.40. The molecule has 2 heteroatoms. The van der Waals surface area contributed by atoms with Crippen LogP contribution in [0, 0.1) is 27.7 Å². The molecule has 0 radical (unpaired) electrons. The maximum Gasteiger partial charge on any atom is 0.0375 e. The van der Waals surface area contributed by atoms with E-state index in [1.54, 1.807) is 0 Å². The molecule has 0 unspecified atom stereocenters. The van der Waals surface area contributed by atoms with E-state index in [-0.39, 0.29) is 0 Å². The van der Waals surface area contributed by atoms with Gasteiger partial charge in [0.15, 0.2) is 0 Å². The second kappa shape index (κ2) is 6.01. The van der Waals surface area contributed by atoms with E-state index in [9.17, 15) is 0 Å². The van der Waals surface area contributed by atoms with Crippen molar-refractivity contribution in [1.82, 2.24) is 9.97 Å². The highest BCUT2D eigenvalue weighted by Crippen LogP contribution is 1.96. The first-order chi connectivity index (χ1) is 7.58.